The average molecular weight is 642 g/mol. The number of rotatable bonds is 10. The fourth-order valence-electron chi connectivity index (χ4n) is 5.23. The number of benzene rings is 1. The van der Waals surface area contributed by atoms with E-state index in [1.54, 1.807) is 19.9 Å². The molecule has 1 aromatic carbocycles. The standard InChI is InChI=1S/C31H33F6N3O5/c1-5-6-20-14-22(29(43,30(32,33)34)31(35,36)37)9-12-25(20)45-24-13-19(15-38-16-24)17-40-26(41)28(4,39-27(40)42)21-7-10-23(11-8-21)44-18(2)3/h7-10,12-16,18,23,43H,5-6,11,17H2,1-4H3,(H,39,42). The maximum Gasteiger partial charge on any atom is 0.430 e. The first-order valence-corrected chi connectivity index (χ1v) is 14.2. The average Bonchev–Trinajstić information content (AvgIpc) is 3.16. The third kappa shape index (κ3) is 6.71. The largest absolute Gasteiger partial charge is 0.455 e. The summed E-state index contributed by atoms with van der Waals surface area (Å²) in [5.74, 6) is -0.492. The van der Waals surface area contributed by atoms with Gasteiger partial charge in [-0.1, -0.05) is 37.6 Å². The molecule has 2 aromatic rings. The number of ether oxygens (including phenoxy) is 2. The number of carbonyl (C=O) groups is 2. The summed E-state index contributed by atoms with van der Waals surface area (Å²) in [4.78, 5) is 31.4. The van der Waals surface area contributed by atoms with Crippen molar-refractivity contribution in [2.45, 2.75) is 89.2 Å². The number of nitrogens with one attached hydrogen (secondary N) is 1. The number of alkyl halides is 6. The molecule has 45 heavy (non-hydrogen) atoms. The van der Waals surface area contributed by atoms with Gasteiger partial charge in [0, 0.05) is 11.8 Å². The van der Waals surface area contributed by atoms with Crippen LogP contribution >= 0.6 is 0 Å². The molecule has 2 aliphatic rings. The van der Waals surface area contributed by atoms with Crippen LogP contribution in [-0.4, -0.2) is 57.0 Å². The van der Waals surface area contributed by atoms with Crippen LogP contribution in [0.1, 0.15) is 57.2 Å². The molecule has 1 aliphatic heterocycles. The third-order valence-corrected chi connectivity index (χ3v) is 7.52. The van der Waals surface area contributed by atoms with Crippen LogP contribution in [0.5, 0.6) is 11.5 Å². The minimum Gasteiger partial charge on any atom is -0.455 e. The van der Waals surface area contributed by atoms with Gasteiger partial charge in [-0.05, 0) is 68.5 Å². The van der Waals surface area contributed by atoms with E-state index in [9.17, 15) is 41.0 Å². The lowest BCUT2D eigenvalue weighted by Crippen LogP contribution is -2.53. The van der Waals surface area contributed by atoms with E-state index in [0.29, 0.717) is 36.1 Å². The molecule has 3 amide bonds. The van der Waals surface area contributed by atoms with Gasteiger partial charge >= 0.3 is 18.4 Å². The van der Waals surface area contributed by atoms with Gasteiger partial charge in [0.25, 0.3) is 11.5 Å². The second-order valence-corrected chi connectivity index (χ2v) is 11.3. The van der Waals surface area contributed by atoms with Crippen molar-refractivity contribution in [3.05, 3.63) is 77.2 Å². The van der Waals surface area contributed by atoms with Gasteiger partial charge < -0.3 is 19.9 Å². The molecule has 8 nitrogen and oxygen atoms in total. The van der Waals surface area contributed by atoms with Crippen molar-refractivity contribution in [1.29, 1.82) is 0 Å². The molecule has 1 aromatic heterocycles. The summed E-state index contributed by atoms with van der Waals surface area (Å²) in [5.41, 5.74) is -6.81. The van der Waals surface area contributed by atoms with E-state index in [-0.39, 0.29) is 42.2 Å². The van der Waals surface area contributed by atoms with E-state index >= 15 is 0 Å². The predicted octanol–water partition coefficient (Wildman–Crippen LogP) is 6.63. The molecule has 0 spiro atoms. The number of aromatic nitrogens is 1. The smallest absolute Gasteiger partial charge is 0.430 e. The highest BCUT2D eigenvalue weighted by Gasteiger charge is 2.71. The van der Waals surface area contributed by atoms with Gasteiger partial charge in [0.1, 0.15) is 17.0 Å². The number of aryl methyl sites for hydroxylation is 1. The van der Waals surface area contributed by atoms with Crippen molar-refractivity contribution < 1.29 is 50.5 Å². The summed E-state index contributed by atoms with van der Waals surface area (Å²) < 4.78 is 92.3. The van der Waals surface area contributed by atoms with Crippen LogP contribution in [0.2, 0.25) is 0 Å². The third-order valence-electron chi connectivity index (χ3n) is 7.52. The van der Waals surface area contributed by atoms with Gasteiger partial charge in [0.15, 0.2) is 0 Å². The molecular formula is C31H33F6N3O5. The maximum atomic E-state index is 13.5. The monoisotopic (exact) mass is 641 g/mol. The van der Waals surface area contributed by atoms with Crippen LogP contribution in [0.4, 0.5) is 31.1 Å². The summed E-state index contributed by atoms with van der Waals surface area (Å²) in [5, 5.41) is 12.6. The Morgan fingerprint density at radius 2 is 1.80 bits per heavy atom. The van der Waals surface area contributed by atoms with Crippen molar-refractivity contribution in [3.63, 3.8) is 0 Å². The zero-order chi connectivity index (χ0) is 33.4. The summed E-state index contributed by atoms with van der Waals surface area (Å²) in [7, 11) is 0. The predicted molar refractivity (Wildman–Crippen MR) is 150 cm³/mol. The fourth-order valence-corrected chi connectivity index (χ4v) is 5.23. The summed E-state index contributed by atoms with van der Waals surface area (Å²) in [6.07, 6.45) is -3.21. The summed E-state index contributed by atoms with van der Waals surface area (Å²) >= 11 is 0. The molecule has 1 aliphatic carbocycles. The first-order chi connectivity index (χ1) is 20.9. The van der Waals surface area contributed by atoms with Crippen LogP contribution in [0, 0.1) is 0 Å². The first-order valence-electron chi connectivity index (χ1n) is 14.2. The number of aliphatic hydroxyl groups is 1. The maximum absolute atomic E-state index is 13.5. The number of imide groups is 1. The zero-order valence-electron chi connectivity index (χ0n) is 24.9. The Kier molecular flexibility index (Phi) is 9.41. The summed E-state index contributed by atoms with van der Waals surface area (Å²) in [6.45, 7) is 6.91. The zero-order valence-corrected chi connectivity index (χ0v) is 24.9. The van der Waals surface area contributed by atoms with E-state index in [4.69, 9.17) is 9.47 Å². The molecule has 0 bridgehead atoms. The molecule has 244 valence electrons. The normalized spacial score (nSPS) is 20.9. The van der Waals surface area contributed by atoms with Crippen molar-refractivity contribution in [2.24, 2.45) is 0 Å². The number of pyridine rings is 1. The molecule has 14 heteroatoms. The fraction of sp³-hybridized carbons (Fsp3) is 0.452. The minimum atomic E-state index is -6.03. The van der Waals surface area contributed by atoms with Crippen molar-refractivity contribution in [1.82, 2.24) is 15.2 Å². The molecular weight excluding hydrogens is 608 g/mol. The molecule has 2 atom stereocenters. The topological polar surface area (TPSA) is 101 Å². The lowest BCUT2D eigenvalue weighted by molar-refractivity contribution is -0.376. The van der Waals surface area contributed by atoms with Gasteiger partial charge in [0.2, 0.25) is 0 Å². The first kappa shape index (κ1) is 34.0. The molecule has 0 saturated carbocycles. The van der Waals surface area contributed by atoms with Crippen LogP contribution in [0.25, 0.3) is 0 Å². The van der Waals surface area contributed by atoms with Gasteiger partial charge in [-0.15, -0.1) is 0 Å². The Balaban J connectivity index is 1.54. The Morgan fingerprint density at radius 3 is 2.38 bits per heavy atom. The Bertz CT molecular complexity index is 1490. The molecule has 0 radical (unpaired) electrons. The highest BCUT2D eigenvalue weighted by molar-refractivity contribution is 6.09. The quantitative estimate of drug-likeness (QED) is 0.223. The van der Waals surface area contributed by atoms with E-state index in [2.05, 4.69) is 10.3 Å². The Labute approximate surface area is 255 Å². The highest BCUT2D eigenvalue weighted by Crippen LogP contribution is 2.50. The van der Waals surface area contributed by atoms with Gasteiger partial charge in [-0.3, -0.25) is 14.7 Å². The molecule has 2 unspecified atom stereocenters. The van der Waals surface area contributed by atoms with Crippen LogP contribution in [-0.2, 0) is 28.1 Å². The lowest BCUT2D eigenvalue weighted by Gasteiger charge is -2.33. The van der Waals surface area contributed by atoms with Crippen molar-refractivity contribution in [2.75, 3.05) is 0 Å². The molecule has 1 saturated heterocycles. The molecule has 2 N–H and O–H groups in total. The number of nitrogens with zero attached hydrogens (tertiary/aromatic N) is 2. The number of hydrogen-bond acceptors (Lipinski definition) is 6. The number of urea groups is 1. The van der Waals surface area contributed by atoms with E-state index in [0.717, 1.165) is 11.0 Å². The summed E-state index contributed by atoms with van der Waals surface area (Å²) in [6, 6.07) is 2.86. The molecule has 4 rings (SSSR count). The van der Waals surface area contributed by atoms with Crippen molar-refractivity contribution in [3.8, 4) is 11.5 Å². The van der Waals surface area contributed by atoms with Gasteiger partial charge in [0.05, 0.1) is 24.9 Å². The number of halogens is 6. The van der Waals surface area contributed by atoms with Crippen LogP contribution in [0.3, 0.4) is 0 Å². The van der Waals surface area contributed by atoms with Crippen LogP contribution < -0.4 is 10.1 Å². The minimum absolute atomic E-state index is 0.00737. The van der Waals surface area contributed by atoms with E-state index in [1.807, 2.05) is 26.0 Å². The second-order valence-electron chi connectivity index (χ2n) is 11.3. The van der Waals surface area contributed by atoms with Crippen LogP contribution in [0.15, 0.2) is 60.5 Å². The van der Waals surface area contributed by atoms with Crippen molar-refractivity contribution >= 4 is 11.9 Å². The second kappa shape index (κ2) is 12.5. The van der Waals surface area contributed by atoms with E-state index in [1.165, 1.54) is 18.5 Å². The number of carbonyl (C=O) groups excluding carboxylic acids is 2. The molecule has 1 fully saturated rings. The number of hydrogen-bond donors (Lipinski definition) is 2. The Morgan fingerprint density at radius 1 is 1.11 bits per heavy atom. The Hall–Kier alpha value is -3.91. The highest BCUT2D eigenvalue weighted by atomic mass is 19.4. The number of amides is 3. The van der Waals surface area contributed by atoms with E-state index < -0.39 is 41.0 Å². The van der Waals surface area contributed by atoms with Gasteiger partial charge in [-0.25, -0.2) is 4.79 Å². The molecule has 2 heterocycles. The van der Waals surface area contributed by atoms with Gasteiger partial charge in [-0.2, -0.15) is 26.3 Å². The lowest BCUT2D eigenvalue weighted by atomic mass is 9.87. The SMILES string of the molecule is CCCc1cc(C(O)(C(F)(F)F)C(F)(F)F)ccc1Oc1cncc(CN2C(=O)NC(C)(C3=CCC(OC(C)C)C=C3)C2=O)c1.